The minimum Gasteiger partial charge on any atom is -0.481 e. The van der Waals surface area contributed by atoms with Gasteiger partial charge in [-0.05, 0) is 24.7 Å². The van der Waals surface area contributed by atoms with Crippen LogP contribution in [0.1, 0.15) is 19.8 Å². The molecule has 3 rings (SSSR count). The van der Waals surface area contributed by atoms with Crippen LogP contribution in [0.2, 0.25) is 0 Å². The largest absolute Gasteiger partial charge is 0.481 e. The van der Waals surface area contributed by atoms with Crippen LogP contribution in [-0.4, -0.2) is 77.6 Å². The van der Waals surface area contributed by atoms with Crippen molar-refractivity contribution in [2.24, 2.45) is 17.8 Å². The Hall–Kier alpha value is -1.30. The highest BCUT2D eigenvalue weighted by Crippen LogP contribution is 2.30. The number of carboxylic acids is 1. The molecule has 21 heavy (non-hydrogen) atoms. The number of piperazine rings is 1. The van der Waals surface area contributed by atoms with Gasteiger partial charge >= 0.3 is 12.0 Å². The monoisotopic (exact) mass is 295 g/mol. The van der Waals surface area contributed by atoms with E-state index in [1.165, 1.54) is 19.4 Å². The molecule has 1 saturated carbocycles. The number of nitrogens with zero attached hydrogens (tertiary/aromatic N) is 3. The van der Waals surface area contributed by atoms with E-state index in [1.54, 1.807) is 4.90 Å². The van der Waals surface area contributed by atoms with Crippen molar-refractivity contribution in [1.82, 2.24) is 14.7 Å². The van der Waals surface area contributed by atoms with Crippen LogP contribution in [0, 0.1) is 17.8 Å². The summed E-state index contributed by atoms with van der Waals surface area (Å²) in [5.74, 6) is -0.261. The van der Waals surface area contributed by atoms with E-state index in [4.69, 9.17) is 5.11 Å². The van der Waals surface area contributed by atoms with Crippen molar-refractivity contribution in [2.75, 3.05) is 45.8 Å². The fraction of sp³-hybridized carbons (Fsp3) is 0.867. The van der Waals surface area contributed by atoms with Crippen molar-refractivity contribution >= 4 is 12.0 Å². The van der Waals surface area contributed by atoms with E-state index in [-0.39, 0.29) is 11.9 Å². The number of carbonyl (C=O) groups is 2. The topological polar surface area (TPSA) is 64.1 Å². The lowest BCUT2D eigenvalue weighted by Crippen LogP contribution is -2.52. The summed E-state index contributed by atoms with van der Waals surface area (Å²) in [4.78, 5) is 29.7. The second-order valence-electron chi connectivity index (χ2n) is 6.84. The Morgan fingerprint density at radius 2 is 1.71 bits per heavy atom. The number of urea groups is 1. The number of amides is 2. The van der Waals surface area contributed by atoms with E-state index in [0.29, 0.717) is 13.1 Å². The molecule has 0 spiro atoms. The summed E-state index contributed by atoms with van der Waals surface area (Å²) >= 11 is 0. The molecule has 0 aromatic heterocycles. The van der Waals surface area contributed by atoms with Crippen LogP contribution < -0.4 is 0 Å². The van der Waals surface area contributed by atoms with E-state index >= 15 is 0 Å². The molecule has 2 amide bonds. The van der Waals surface area contributed by atoms with Gasteiger partial charge in [0.15, 0.2) is 0 Å². The average Bonchev–Trinajstić information content (AvgIpc) is 3.18. The standard InChI is InChI=1S/C15H25N3O3/c1-11-8-18(10-13(11)14(19)20)15(21)17-6-4-16(5-7-17)9-12-2-3-12/h11-13H,2-10H2,1H3,(H,19,20). The summed E-state index contributed by atoms with van der Waals surface area (Å²) in [5.41, 5.74) is 0. The van der Waals surface area contributed by atoms with Crippen LogP contribution in [0.15, 0.2) is 0 Å². The van der Waals surface area contributed by atoms with Crippen molar-refractivity contribution in [1.29, 1.82) is 0 Å². The average molecular weight is 295 g/mol. The highest BCUT2D eigenvalue weighted by Gasteiger charge is 2.39. The molecule has 0 aromatic rings. The number of likely N-dealkylation sites (tertiary alicyclic amines) is 1. The van der Waals surface area contributed by atoms with Gasteiger partial charge < -0.3 is 14.9 Å². The lowest BCUT2D eigenvalue weighted by Gasteiger charge is -2.36. The second kappa shape index (κ2) is 5.83. The molecule has 118 valence electrons. The van der Waals surface area contributed by atoms with Gasteiger partial charge in [-0.2, -0.15) is 0 Å². The number of aliphatic carboxylic acids is 1. The summed E-state index contributed by atoms with van der Waals surface area (Å²) in [7, 11) is 0. The molecule has 2 atom stereocenters. The first-order valence-corrected chi connectivity index (χ1v) is 8.03. The molecule has 3 fully saturated rings. The molecule has 1 N–H and O–H groups in total. The lowest BCUT2D eigenvalue weighted by molar-refractivity contribution is -0.142. The lowest BCUT2D eigenvalue weighted by atomic mass is 9.99. The van der Waals surface area contributed by atoms with Crippen molar-refractivity contribution in [2.45, 2.75) is 19.8 Å². The van der Waals surface area contributed by atoms with Gasteiger partial charge in [0.05, 0.1) is 5.92 Å². The molecule has 0 aromatic carbocycles. The molecular weight excluding hydrogens is 270 g/mol. The molecule has 0 bridgehead atoms. The molecule has 2 saturated heterocycles. The van der Waals surface area contributed by atoms with Crippen LogP contribution in [0.25, 0.3) is 0 Å². The zero-order chi connectivity index (χ0) is 15.0. The number of hydrogen-bond donors (Lipinski definition) is 1. The Morgan fingerprint density at radius 1 is 1.05 bits per heavy atom. The molecule has 2 aliphatic heterocycles. The van der Waals surface area contributed by atoms with Gasteiger partial charge in [0, 0.05) is 45.8 Å². The zero-order valence-electron chi connectivity index (χ0n) is 12.7. The van der Waals surface area contributed by atoms with Gasteiger partial charge in [-0.25, -0.2) is 4.79 Å². The normalized spacial score (nSPS) is 30.7. The molecule has 2 heterocycles. The molecule has 1 aliphatic carbocycles. The Balaban J connectivity index is 1.48. The zero-order valence-corrected chi connectivity index (χ0v) is 12.7. The van der Waals surface area contributed by atoms with Crippen molar-refractivity contribution in [3.8, 4) is 0 Å². The Bertz CT molecular complexity index is 416. The second-order valence-corrected chi connectivity index (χ2v) is 6.84. The summed E-state index contributed by atoms with van der Waals surface area (Å²) in [6.45, 7) is 7.48. The number of hydrogen-bond acceptors (Lipinski definition) is 3. The first-order chi connectivity index (χ1) is 10.0. The van der Waals surface area contributed by atoms with Crippen LogP contribution in [0.3, 0.4) is 0 Å². The van der Waals surface area contributed by atoms with E-state index in [9.17, 15) is 9.59 Å². The van der Waals surface area contributed by atoms with Gasteiger partial charge in [-0.15, -0.1) is 0 Å². The predicted molar refractivity (Wildman–Crippen MR) is 78.0 cm³/mol. The Kier molecular flexibility index (Phi) is 4.06. The minimum absolute atomic E-state index is 0.0247. The summed E-state index contributed by atoms with van der Waals surface area (Å²) in [5, 5.41) is 9.16. The summed E-state index contributed by atoms with van der Waals surface area (Å²) < 4.78 is 0. The smallest absolute Gasteiger partial charge is 0.320 e. The van der Waals surface area contributed by atoms with E-state index < -0.39 is 11.9 Å². The third kappa shape index (κ3) is 3.31. The van der Waals surface area contributed by atoms with Gasteiger partial charge in [-0.3, -0.25) is 9.69 Å². The predicted octanol–water partition coefficient (Wildman–Crippen LogP) is 0.786. The number of carbonyl (C=O) groups excluding carboxylic acids is 1. The molecule has 0 radical (unpaired) electrons. The minimum atomic E-state index is -0.785. The SMILES string of the molecule is CC1CN(C(=O)N2CCN(CC3CC3)CC2)CC1C(=O)O. The third-order valence-electron chi connectivity index (χ3n) is 5.06. The highest BCUT2D eigenvalue weighted by atomic mass is 16.4. The quantitative estimate of drug-likeness (QED) is 0.836. The van der Waals surface area contributed by atoms with E-state index in [0.717, 1.165) is 32.1 Å². The Labute approximate surface area is 125 Å². The maximum Gasteiger partial charge on any atom is 0.320 e. The van der Waals surface area contributed by atoms with Gasteiger partial charge in [0.25, 0.3) is 0 Å². The molecule has 2 unspecified atom stereocenters. The van der Waals surface area contributed by atoms with Crippen LogP contribution in [0.5, 0.6) is 0 Å². The van der Waals surface area contributed by atoms with Crippen LogP contribution in [-0.2, 0) is 4.79 Å². The summed E-state index contributed by atoms with van der Waals surface area (Å²) in [6, 6.07) is 0.0247. The summed E-state index contributed by atoms with van der Waals surface area (Å²) in [6.07, 6.45) is 2.72. The van der Waals surface area contributed by atoms with Gasteiger partial charge in [0.2, 0.25) is 0 Å². The van der Waals surface area contributed by atoms with Gasteiger partial charge in [0.1, 0.15) is 0 Å². The van der Waals surface area contributed by atoms with E-state index in [1.807, 2.05) is 11.8 Å². The molecule has 6 nitrogen and oxygen atoms in total. The van der Waals surface area contributed by atoms with Crippen LogP contribution in [0.4, 0.5) is 4.79 Å². The van der Waals surface area contributed by atoms with Crippen molar-refractivity contribution in [3.05, 3.63) is 0 Å². The van der Waals surface area contributed by atoms with E-state index in [2.05, 4.69) is 4.90 Å². The van der Waals surface area contributed by atoms with Crippen molar-refractivity contribution < 1.29 is 14.7 Å². The first kappa shape index (κ1) is 14.6. The maximum absolute atomic E-state index is 12.5. The van der Waals surface area contributed by atoms with Crippen LogP contribution >= 0.6 is 0 Å². The number of carboxylic acid groups (broad SMARTS) is 1. The fourth-order valence-corrected chi connectivity index (χ4v) is 3.43. The molecule has 3 aliphatic rings. The van der Waals surface area contributed by atoms with Gasteiger partial charge in [-0.1, -0.05) is 6.92 Å². The Morgan fingerprint density at radius 3 is 2.24 bits per heavy atom. The van der Waals surface area contributed by atoms with Crippen molar-refractivity contribution in [3.63, 3.8) is 0 Å². The molecular formula is C15H25N3O3. The number of rotatable bonds is 3. The molecule has 6 heteroatoms. The first-order valence-electron chi connectivity index (χ1n) is 8.03. The fourth-order valence-electron chi connectivity index (χ4n) is 3.43. The third-order valence-corrected chi connectivity index (χ3v) is 5.06. The highest BCUT2D eigenvalue weighted by molar-refractivity contribution is 5.77. The maximum atomic E-state index is 12.5.